The number of hydrogen-bond donors (Lipinski definition) is 1. The molecule has 2 aromatic heterocycles. The summed E-state index contributed by atoms with van der Waals surface area (Å²) in [5.74, 6) is 2.42. The van der Waals surface area contributed by atoms with Gasteiger partial charge in [0.15, 0.2) is 5.82 Å². The lowest BCUT2D eigenvalue weighted by Gasteiger charge is -2.17. The maximum Gasteiger partial charge on any atom is 0.250 e. The largest absolute Gasteiger partial charge is 0.497 e. The number of methoxy groups -OCH3 is 1. The minimum absolute atomic E-state index is 0. The molecule has 0 unspecified atom stereocenters. The first-order chi connectivity index (χ1) is 14.2. The van der Waals surface area contributed by atoms with Crippen LogP contribution in [0.25, 0.3) is 12.2 Å². The van der Waals surface area contributed by atoms with E-state index in [0.29, 0.717) is 24.1 Å². The molecule has 2 heterocycles. The van der Waals surface area contributed by atoms with E-state index in [9.17, 15) is 0 Å². The Morgan fingerprint density at radius 3 is 2.73 bits per heavy atom. The molecule has 0 radical (unpaired) electrons. The average molecular weight is 429 g/mol. The van der Waals surface area contributed by atoms with E-state index in [1.54, 1.807) is 19.4 Å². The fraction of sp³-hybridized carbons (Fsp3) is 0.318. The van der Waals surface area contributed by atoms with Gasteiger partial charge in [-0.05, 0) is 49.2 Å². The van der Waals surface area contributed by atoms with E-state index in [1.165, 1.54) is 0 Å². The van der Waals surface area contributed by atoms with E-state index in [1.807, 2.05) is 42.5 Å². The van der Waals surface area contributed by atoms with Crippen LogP contribution in [0.3, 0.4) is 0 Å². The van der Waals surface area contributed by atoms with Gasteiger partial charge < -0.3 is 19.7 Å². The molecule has 7 nitrogen and oxygen atoms in total. The van der Waals surface area contributed by atoms with Crippen molar-refractivity contribution in [3.8, 4) is 11.5 Å². The first kappa shape index (κ1) is 21.8. The predicted octanol–water partition coefficient (Wildman–Crippen LogP) is 4.37. The van der Waals surface area contributed by atoms with E-state index in [-0.39, 0.29) is 12.4 Å². The molecule has 0 amide bonds. The van der Waals surface area contributed by atoms with E-state index < -0.39 is 5.54 Å². The fourth-order valence-electron chi connectivity index (χ4n) is 3.45. The second kappa shape index (κ2) is 9.73. The van der Waals surface area contributed by atoms with Crippen LogP contribution in [0.4, 0.5) is 0 Å². The molecule has 0 spiro atoms. The van der Waals surface area contributed by atoms with Crippen molar-refractivity contribution in [2.24, 2.45) is 5.73 Å². The number of nitrogens with two attached hydrogens (primary N) is 1. The summed E-state index contributed by atoms with van der Waals surface area (Å²) in [6, 6.07) is 11.3. The Bertz CT molecular complexity index is 985. The molecular weight excluding hydrogens is 404 g/mol. The van der Waals surface area contributed by atoms with Crippen molar-refractivity contribution in [3.63, 3.8) is 0 Å². The van der Waals surface area contributed by atoms with Gasteiger partial charge in [-0.1, -0.05) is 24.1 Å². The Morgan fingerprint density at radius 2 is 2.00 bits per heavy atom. The molecule has 8 heteroatoms. The maximum atomic E-state index is 6.41. The monoisotopic (exact) mass is 428 g/mol. The van der Waals surface area contributed by atoms with Crippen molar-refractivity contribution in [2.75, 3.05) is 7.11 Å². The van der Waals surface area contributed by atoms with Crippen LogP contribution in [-0.2, 0) is 12.1 Å². The van der Waals surface area contributed by atoms with Crippen LogP contribution in [0.5, 0.6) is 11.5 Å². The molecule has 1 aliphatic rings. The highest BCUT2D eigenvalue weighted by Gasteiger charge is 2.35. The maximum absolute atomic E-state index is 6.41. The van der Waals surface area contributed by atoms with Crippen LogP contribution >= 0.6 is 12.4 Å². The molecular formula is C22H25ClN4O3. The summed E-state index contributed by atoms with van der Waals surface area (Å²) in [5, 5.41) is 4.09. The van der Waals surface area contributed by atoms with Gasteiger partial charge in [0.25, 0.3) is 5.89 Å². The Kier molecular flexibility index (Phi) is 7.07. The third-order valence-electron chi connectivity index (χ3n) is 5.11. The molecule has 158 valence electrons. The normalized spacial score (nSPS) is 15.1. The zero-order valence-corrected chi connectivity index (χ0v) is 17.6. The molecule has 1 aliphatic carbocycles. The number of halogens is 1. The lowest BCUT2D eigenvalue weighted by atomic mass is 9.99. The van der Waals surface area contributed by atoms with Gasteiger partial charge in [0, 0.05) is 17.8 Å². The van der Waals surface area contributed by atoms with Gasteiger partial charge in [0.05, 0.1) is 18.3 Å². The second-order valence-electron chi connectivity index (χ2n) is 7.17. The Labute approximate surface area is 181 Å². The average Bonchev–Trinajstić information content (AvgIpc) is 3.42. The Hall–Kier alpha value is -2.90. The number of rotatable bonds is 7. The van der Waals surface area contributed by atoms with Gasteiger partial charge in [0.2, 0.25) is 0 Å². The van der Waals surface area contributed by atoms with E-state index in [4.69, 9.17) is 19.7 Å². The molecule has 1 saturated carbocycles. The lowest BCUT2D eigenvalue weighted by molar-refractivity contribution is 0.300. The van der Waals surface area contributed by atoms with Crippen LogP contribution in [0.15, 0.2) is 47.1 Å². The minimum Gasteiger partial charge on any atom is -0.497 e. The summed E-state index contributed by atoms with van der Waals surface area (Å²) < 4.78 is 16.7. The van der Waals surface area contributed by atoms with Crippen LogP contribution in [0.1, 0.15) is 48.7 Å². The SMILES string of the molecule is COc1ccc(OCc2ccccn2)c(/C=C/c2nc(C3(N)CCCC3)no2)c1.Cl. The van der Waals surface area contributed by atoms with E-state index in [0.717, 1.165) is 42.7 Å². The van der Waals surface area contributed by atoms with Gasteiger partial charge >= 0.3 is 0 Å². The van der Waals surface area contributed by atoms with E-state index in [2.05, 4.69) is 15.1 Å². The second-order valence-corrected chi connectivity index (χ2v) is 7.17. The molecule has 2 N–H and O–H groups in total. The lowest BCUT2D eigenvalue weighted by Crippen LogP contribution is -2.34. The van der Waals surface area contributed by atoms with Crippen molar-refractivity contribution in [2.45, 2.75) is 37.8 Å². The van der Waals surface area contributed by atoms with Crippen LogP contribution in [0.2, 0.25) is 0 Å². The van der Waals surface area contributed by atoms with Gasteiger partial charge in [-0.2, -0.15) is 4.98 Å². The number of aromatic nitrogens is 3. The molecule has 30 heavy (non-hydrogen) atoms. The topological polar surface area (TPSA) is 96.3 Å². The minimum atomic E-state index is -0.470. The first-order valence-corrected chi connectivity index (χ1v) is 9.68. The van der Waals surface area contributed by atoms with Gasteiger partial charge in [-0.15, -0.1) is 12.4 Å². The van der Waals surface area contributed by atoms with E-state index >= 15 is 0 Å². The third kappa shape index (κ3) is 4.98. The van der Waals surface area contributed by atoms with Crippen molar-refractivity contribution in [1.29, 1.82) is 0 Å². The van der Waals surface area contributed by atoms with Gasteiger partial charge in [-0.3, -0.25) is 4.98 Å². The molecule has 4 rings (SSSR count). The zero-order chi connectivity index (χ0) is 20.1. The molecule has 0 aliphatic heterocycles. The summed E-state index contributed by atoms with van der Waals surface area (Å²) in [6.45, 7) is 0.369. The molecule has 1 aromatic carbocycles. The summed E-state index contributed by atoms with van der Waals surface area (Å²) >= 11 is 0. The standard InChI is InChI=1S/C22H24N4O3.ClH/c1-27-18-8-9-19(28-15-17-6-2-5-13-24-17)16(14-18)7-10-20-25-21(26-29-20)22(23)11-3-4-12-22;/h2,5-10,13-14H,3-4,11-12,15,23H2,1H3;1H/b10-7+;. The number of benzene rings is 1. The van der Waals surface area contributed by atoms with Crippen molar-refractivity contribution in [1.82, 2.24) is 15.1 Å². The van der Waals surface area contributed by atoms with Crippen LogP contribution < -0.4 is 15.2 Å². The number of ether oxygens (including phenoxy) is 2. The zero-order valence-electron chi connectivity index (χ0n) is 16.8. The molecule has 3 aromatic rings. The van der Waals surface area contributed by atoms with Crippen LogP contribution in [-0.4, -0.2) is 22.2 Å². The summed E-state index contributed by atoms with van der Waals surface area (Å²) in [5.41, 5.74) is 7.62. The molecule has 1 fully saturated rings. The van der Waals surface area contributed by atoms with Crippen molar-refractivity contribution >= 4 is 24.6 Å². The highest BCUT2D eigenvalue weighted by Crippen LogP contribution is 2.34. The Balaban J connectivity index is 0.00000256. The van der Waals surface area contributed by atoms with Crippen LogP contribution in [0, 0.1) is 0 Å². The summed E-state index contributed by atoms with van der Waals surface area (Å²) in [4.78, 5) is 8.76. The fourth-order valence-corrected chi connectivity index (χ4v) is 3.45. The summed E-state index contributed by atoms with van der Waals surface area (Å²) in [7, 11) is 1.63. The molecule has 0 bridgehead atoms. The number of hydrogen-bond acceptors (Lipinski definition) is 7. The number of pyridine rings is 1. The highest BCUT2D eigenvalue weighted by atomic mass is 35.5. The smallest absolute Gasteiger partial charge is 0.250 e. The quantitative estimate of drug-likeness (QED) is 0.596. The van der Waals surface area contributed by atoms with Crippen molar-refractivity contribution < 1.29 is 14.0 Å². The Morgan fingerprint density at radius 1 is 1.17 bits per heavy atom. The first-order valence-electron chi connectivity index (χ1n) is 9.68. The molecule has 0 atom stereocenters. The van der Waals surface area contributed by atoms with Crippen molar-refractivity contribution in [3.05, 3.63) is 65.6 Å². The molecule has 0 saturated heterocycles. The highest BCUT2D eigenvalue weighted by molar-refractivity contribution is 5.85. The summed E-state index contributed by atoms with van der Waals surface area (Å²) in [6.07, 6.45) is 9.33. The third-order valence-corrected chi connectivity index (χ3v) is 5.11. The predicted molar refractivity (Wildman–Crippen MR) is 116 cm³/mol. The van der Waals surface area contributed by atoms with Gasteiger partial charge in [0.1, 0.15) is 18.1 Å². The number of nitrogens with zero attached hydrogens (tertiary/aromatic N) is 3. The van der Waals surface area contributed by atoms with Gasteiger partial charge in [-0.25, -0.2) is 0 Å².